The molecule has 5 nitrogen and oxygen atoms in total. The molecule has 1 saturated heterocycles. The third-order valence-electron chi connectivity index (χ3n) is 5.32. The second-order valence-corrected chi connectivity index (χ2v) is 8.79. The fourth-order valence-electron chi connectivity index (χ4n) is 3.88. The van der Waals surface area contributed by atoms with Crippen LogP contribution in [0.25, 0.3) is 10.8 Å². The predicted octanol–water partition coefficient (Wildman–Crippen LogP) is 4.38. The Balaban J connectivity index is 1.72. The summed E-state index contributed by atoms with van der Waals surface area (Å²) in [5.41, 5.74) is 0.916. The first-order valence-corrected chi connectivity index (χ1v) is 10.7. The molecule has 3 aromatic rings. The fraction of sp³-hybridized carbons (Fsp3) is 0.273. The van der Waals surface area contributed by atoms with Crippen molar-refractivity contribution in [1.82, 2.24) is 4.31 Å². The number of hydrogen-bond acceptors (Lipinski definition) is 4. The van der Waals surface area contributed by atoms with Gasteiger partial charge in [-0.15, -0.1) is 0 Å². The maximum Gasteiger partial charge on any atom is 0.243 e. The van der Waals surface area contributed by atoms with Crippen molar-refractivity contribution in [3.8, 4) is 11.5 Å². The maximum absolute atomic E-state index is 13.4. The summed E-state index contributed by atoms with van der Waals surface area (Å²) in [6, 6.07) is 18.5. The molecule has 146 valence electrons. The van der Waals surface area contributed by atoms with E-state index < -0.39 is 10.0 Å². The smallest absolute Gasteiger partial charge is 0.243 e. The molecule has 1 aliphatic heterocycles. The highest BCUT2D eigenvalue weighted by Gasteiger charge is 2.36. The van der Waals surface area contributed by atoms with Crippen molar-refractivity contribution in [2.45, 2.75) is 23.8 Å². The number of rotatable bonds is 5. The van der Waals surface area contributed by atoms with Crippen LogP contribution in [0.1, 0.15) is 24.4 Å². The molecule has 0 spiro atoms. The Morgan fingerprint density at radius 3 is 2.39 bits per heavy atom. The molecule has 0 saturated carbocycles. The predicted molar refractivity (Wildman–Crippen MR) is 109 cm³/mol. The molecular weight excluding hydrogens is 374 g/mol. The van der Waals surface area contributed by atoms with Gasteiger partial charge in [-0.05, 0) is 53.4 Å². The normalized spacial score (nSPS) is 17.7. The van der Waals surface area contributed by atoms with Crippen LogP contribution >= 0.6 is 0 Å². The Bertz CT molecular complexity index is 1110. The van der Waals surface area contributed by atoms with Gasteiger partial charge in [0.2, 0.25) is 10.0 Å². The largest absolute Gasteiger partial charge is 0.493 e. The van der Waals surface area contributed by atoms with Crippen LogP contribution in [-0.4, -0.2) is 33.5 Å². The Kier molecular flexibility index (Phi) is 5.00. The number of ether oxygens (including phenoxy) is 2. The van der Waals surface area contributed by atoms with E-state index in [0.717, 1.165) is 29.2 Å². The van der Waals surface area contributed by atoms with Crippen LogP contribution in [0.3, 0.4) is 0 Å². The van der Waals surface area contributed by atoms with Gasteiger partial charge in [-0.3, -0.25) is 0 Å². The topological polar surface area (TPSA) is 55.8 Å². The summed E-state index contributed by atoms with van der Waals surface area (Å²) in [4.78, 5) is 0.332. The van der Waals surface area contributed by atoms with Gasteiger partial charge in [0.1, 0.15) is 0 Å². The van der Waals surface area contributed by atoms with E-state index in [-0.39, 0.29) is 6.04 Å². The molecular formula is C22H23NO4S. The number of nitrogens with zero attached hydrogens (tertiary/aromatic N) is 1. The zero-order valence-corrected chi connectivity index (χ0v) is 16.8. The Morgan fingerprint density at radius 2 is 1.64 bits per heavy atom. The van der Waals surface area contributed by atoms with Crippen LogP contribution in [0.2, 0.25) is 0 Å². The van der Waals surface area contributed by atoms with Crippen molar-refractivity contribution in [2.75, 3.05) is 20.8 Å². The summed E-state index contributed by atoms with van der Waals surface area (Å²) in [6.07, 6.45) is 1.61. The molecule has 3 aromatic carbocycles. The second kappa shape index (κ2) is 7.45. The van der Waals surface area contributed by atoms with Gasteiger partial charge in [0, 0.05) is 6.54 Å². The molecule has 0 bridgehead atoms. The van der Waals surface area contributed by atoms with E-state index in [0.29, 0.717) is 22.9 Å². The van der Waals surface area contributed by atoms with Crippen LogP contribution < -0.4 is 9.47 Å². The molecule has 28 heavy (non-hydrogen) atoms. The van der Waals surface area contributed by atoms with Crippen molar-refractivity contribution in [3.63, 3.8) is 0 Å². The lowest BCUT2D eigenvalue weighted by Crippen LogP contribution is -2.30. The molecule has 1 heterocycles. The lowest BCUT2D eigenvalue weighted by Gasteiger charge is -2.25. The standard InChI is InChI=1S/C22H23NO4S/c1-26-21-12-10-18(15-22(21)27-2)20-8-5-13-23(20)28(24,25)19-11-9-16-6-3-4-7-17(16)14-19/h3-4,6-7,9-12,14-15,20H,5,8,13H2,1-2H3. The Hall–Kier alpha value is -2.57. The molecule has 0 radical (unpaired) electrons. The van der Waals surface area contributed by atoms with E-state index in [9.17, 15) is 8.42 Å². The van der Waals surface area contributed by atoms with Gasteiger partial charge in [-0.2, -0.15) is 4.31 Å². The number of sulfonamides is 1. The van der Waals surface area contributed by atoms with Crippen molar-refractivity contribution in [2.24, 2.45) is 0 Å². The summed E-state index contributed by atoms with van der Waals surface area (Å²) in [6.45, 7) is 0.508. The van der Waals surface area contributed by atoms with Gasteiger partial charge >= 0.3 is 0 Å². The monoisotopic (exact) mass is 397 g/mol. The van der Waals surface area contributed by atoms with Crippen LogP contribution in [0, 0.1) is 0 Å². The molecule has 1 unspecified atom stereocenters. The highest BCUT2D eigenvalue weighted by atomic mass is 32.2. The summed E-state index contributed by atoms with van der Waals surface area (Å²) in [5, 5.41) is 1.95. The van der Waals surface area contributed by atoms with Gasteiger partial charge < -0.3 is 9.47 Å². The average Bonchev–Trinajstić information content (AvgIpc) is 3.23. The molecule has 4 rings (SSSR count). The van der Waals surface area contributed by atoms with Gasteiger partial charge in [0.05, 0.1) is 25.2 Å². The lowest BCUT2D eigenvalue weighted by atomic mass is 10.0. The first kappa shape index (κ1) is 18.8. The number of hydrogen-bond donors (Lipinski definition) is 0. The zero-order valence-electron chi connectivity index (χ0n) is 16.0. The number of methoxy groups -OCH3 is 2. The molecule has 0 aromatic heterocycles. The minimum absolute atomic E-state index is 0.212. The van der Waals surface area contributed by atoms with Crippen LogP contribution in [0.15, 0.2) is 65.6 Å². The van der Waals surface area contributed by atoms with Crippen molar-refractivity contribution < 1.29 is 17.9 Å². The highest BCUT2D eigenvalue weighted by Crippen LogP contribution is 2.40. The molecule has 0 aliphatic carbocycles. The van der Waals surface area contributed by atoms with Crippen LogP contribution in [0.5, 0.6) is 11.5 Å². The molecule has 0 N–H and O–H groups in total. The highest BCUT2D eigenvalue weighted by molar-refractivity contribution is 7.89. The molecule has 6 heteroatoms. The number of benzene rings is 3. The van der Waals surface area contributed by atoms with E-state index >= 15 is 0 Å². The molecule has 1 aliphatic rings. The zero-order chi connectivity index (χ0) is 19.7. The van der Waals surface area contributed by atoms with Gasteiger partial charge in [0.15, 0.2) is 11.5 Å². The summed E-state index contributed by atoms with van der Waals surface area (Å²) in [7, 11) is -0.431. The summed E-state index contributed by atoms with van der Waals surface area (Å²) >= 11 is 0. The lowest BCUT2D eigenvalue weighted by molar-refractivity contribution is 0.351. The third kappa shape index (κ3) is 3.23. The van der Waals surface area contributed by atoms with Crippen LogP contribution in [-0.2, 0) is 10.0 Å². The first-order valence-electron chi connectivity index (χ1n) is 9.27. The van der Waals surface area contributed by atoms with E-state index in [2.05, 4.69) is 0 Å². The fourth-order valence-corrected chi connectivity index (χ4v) is 5.60. The van der Waals surface area contributed by atoms with Crippen molar-refractivity contribution in [1.29, 1.82) is 0 Å². The maximum atomic E-state index is 13.4. The van der Waals surface area contributed by atoms with E-state index in [1.165, 1.54) is 0 Å². The van der Waals surface area contributed by atoms with E-state index in [1.807, 2.05) is 48.5 Å². The third-order valence-corrected chi connectivity index (χ3v) is 7.23. The summed E-state index contributed by atoms with van der Waals surface area (Å²) < 4.78 is 39.1. The van der Waals surface area contributed by atoms with E-state index in [4.69, 9.17) is 9.47 Å². The molecule has 0 amide bonds. The van der Waals surface area contributed by atoms with Gasteiger partial charge in [-0.1, -0.05) is 36.4 Å². The van der Waals surface area contributed by atoms with Gasteiger partial charge in [-0.25, -0.2) is 8.42 Å². The first-order chi connectivity index (χ1) is 13.5. The van der Waals surface area contributed by atoms with Gasteiger partial charge in [0.25, 0.3) is 0 Å². The Morgan fingerprint density at radius 1 is 0.893 bits per heavy atom. The van der Waals surface area contributed by atoms with Crippen molar-refractivity contribution >= 4 is 20.8 Å². The quantitative estimate of drug-likeness (QED) is 0.641. The van der Waals surface area contributed by atoms with Crippen LogP contribution in [0.4, 0.5) is 0 Å². The minimum Gasteiger partial charge on any atom is -0.493 e. The number of fused-ring (bicyclic) bond motifs is 1. The van der Waals surface area contributed by atoms with Crippen molar-refractivity contribution in [3.05, 3.63) is 66.2 Å². The average molecular weight is 397 g/mol. The summed E-state index contributed by atoms with van der Waals surface area (Å²) in [5.74, 6) is 1.24. The Labute approximate surface area is 165 Å². The SMILES string of the molecule is COc1ccc(C2CCCN2S(=O)(=O)c2ccc3ccccc3c2)cc1OC. The minimum atomic E-state index is -3.60. The van der Waals surface area contributed by atoms with E-state index in [1.54, 1.807) is 30.7 Å². The molecule has 1 atom stereocenters. The molecule has 1 fully saturated rings. The second-order valence-electron chi connectivity index (χ2n) is 6.90.